The number of hydrogen-bond donors (Lipinski definition) is 2. The summed E-state index contributed by atoms with van der Waals surface area (Å²) in [6.45, 7) is 0. The van der Waals surface area contributed by atoms with Crippen LogP contribution in [0.4, 0.5) is 0 Å². The van der Waals surface area contributed by atoms with Gasteiger partial charge in [-0.15, -0.1) is 0 Å². The van der Waals surface area contributed by atoms with Crippen molar-refractivity contribution in [3.8, 4) is 17.2 Å². The van der Waals surface area contributed by atoms with E-state index < -0.39 is 0 Å². The van der Waals surface area contributed by atoms with Gasteiger partial charge >= 0.3 is 0 Å². The third kappa shape index (κ3) is 5.87. The van der Waals surface area contributed by atoms with Crippen LogP contribution in [0.25, 0.3) is 28.7 Å². The second kappa shape index (κ2) is 10.6. The number of halogens is 1. The van der Waals surface area contributed by atoms with Crippen molar-refractivity contribution in [2.24, 2.45) is 0 Å². The van der Waals surface area contributed by atoms with E-state index in [1.165, 1.54) is 21.6 Å². The fraction of sp³-hybridized carbons (Fsp3) is 0.0800. The normalized spacial score (nSPS) is 10.6. The molecule has 4 rings (SSSR count). The van der Waals surface area contributed by atoms with Crippen molar-refractivity contribution in [3.63, 3.8) is 0 Å². The van der Waals surface area contributed by atoms with Gasteiger partial charge in [0, 0.05) is 24.1 Å². The van der Waals surface area contributed by atoms with Gasteiger partial charge in [-0.25, -0.2) is 4.98 Å². The number of hydrogen-bond acceptors (Lipinski definition) is 5. The molecule has 0 aliphatic heterocycles. The number of para-hydroxylation sites is 1. The number of phenols is 2. The first kappa shape index (κ1) is 23.7. The van der Waals surface area contributed by atoms with Gasteiger partial charge in [0.2, 0.25) is 6.41 Å². The van der Waals surface area contributed by atoms with Crippen LogP contribution in [-0.4, -0.2) is 45.2 Å². The van der Waals surface area contributed by atoms with Crippen LogP contribution in [0.3, 0.4) is 0 Å². The molecule has 168 valence electrons. The Morgan fingerprint density at radius 2 is 1.64 bits per heavy atom. The SMILES string of the molecule is CN(C)C=O.O=c1c2ccccc2nc(/C=C/c2cc(Br)ccc2O)n1-c1ccc(O)cc1. The van der Waals surface area contributed by atoms with Crippen molar-refractivity contribution in [2.75, 3.05) is 14.1 Å². The molecule has 0 fully saturated rings. The number of aromatic nitrogens is 2. The lowest BCUT2D eigenvalue weighted by atomic mass is 10.1. The number of amides is 1. The summed E-state index contributed by atoms with van der Waals surface area (Å²) in [5.41, 5.74) is 1.54. The first-order valence-corrected chi connectivity index (χ1v) is 10.7. The highest BCUT2D eigenvalue weighted by molar-refractivity contribution is 9.10. The molecule has 0 radical (unpaired) electrons. The molecule has 2 N–H and O–H groups in total. The molecule has 1 aromatic heterocycles. The number of nitrogens with zero attached hydrogens (tertiary/aromatic N) is 3. The Morgan fingerprint density at radius 1 is 0.970 bits per heavy atom. The van der Waals surface area contributed by atoms with Crippen LogP contribution in [0.1, 0.15) is 11.4 Å². The molecule has 7 nitrogen and oxygen atoms in total. The van der Waals surface area contributed by atoms with Crippen LogP contribution in [0, 0.1) is 0 Å². The van der Waals surface area contributed by atoms with E-state index in [9.17, 15) is 19.8 Å². The van der Waals surface area contributed by atoms with Crippen molar-refractivity contribution >= 4 is 45.4 Å². The fourth-order valence-corrected chi connectivity index (χ4v) is 3.31. The molecule has 8 heteroatoms. The van der Waals surface area contributed by atoms with Gasteiger partial charge in [-0.05, 0) is 66.7 Å². The molecule has 0 atom stereocenters. The Bertz CT molecular complexity index is 1360. The van der Waals surface area contributed by atoms with Crippen LogP contribution >= 0.6 is 15.9 Å². The number of fused-ring (bicyclic) bond motifs is 1. The van der Waals surface area contributed by atoms with Crippen LogP contribution < -0.4 is 5.56 Å². The predicted octanol–water partition coefficient (Wildman–Crippen LogP) is 4.43. The summed E-state index contributed by atoms with van der Waals surface area (Å²) in [6, 6.07) is 18.6. The van der Waals surface area contributed by atoms with E-state index in [4.69, 9.17) is 0 Å². The van der Waals surface area contributed by atoms with Crippen LogP contribution in [0.5, 0.6) is 11.5 Å². The zero-order valence-electron chi connectivity index (χ0n) is 18.0. The number of carbonyl (C=O) groups excluding carboxylic acids is 1. The Morgan fingerprint density at radius 3 is 2.30 bits per heavy atom. The lowest BCUT2D eigenvalue weighted by Crippen LogP contribution is -2.22. The van der Waals surface area contributed by atoms with Gasteiger partial charge in [-0.1, -0.05) is 28.1 Å². The molecule has 0 aliphatic carbocycles. The second-order valence-electron chi connectivity index (χ2n) is 7.25. The van der Waals surface area contributed by atoms with Crippen molar-refractivity contribution in [2.45, 2.75) is 0 Å². The highest BCUT2D eigenvalue weighted by Gasteiger charge is 2.11. The highest BCUT2D eigenvalue weighted by Crippen LogP contribution is 2.24. The number of aromatic hydroxyl groups is 2. The van der Waals surface area contributed by atoms with Crippen molar-refractivity contribution in [1.82, 2.24) is 14.5 Å². The Labute approximate surface area is 199 Å². The number of carbonyl (C=O) groups is 1. The maximum atomic E-state index is 13.1. The summed E-state index contributed by atoms with van der Waals surface area (Å²) in [7, 11) is 3.38. The molecule has 0 bridgehead atoms. The Balaban J connectivity index is 0.000000555. The summed E-state index contributed by atoms with van der Waals surface area (Å²) in [5.74, 6) is 0.647. The van der Waals surface area contributed by atoms with Crippen molar-refractivity contribution < 1.29 is 15.0 Å². The predicted molar refractivity (Wildman–Crippen MR) is 133 cm³/mol. The highest BCUT2D eigenvalue weighted by atomic mass is 79.9. The topological polar surface area (TPSA) is 95.7 Å². The summed E-state index contributed by atoms with van der Waals surface area (Å²) >= 11 is 3.39. The lowest BCUT2D eigenvalue weighted by Gasteiger charge is -2.11. The van der Waals surface area contributed by atoms with Crippen molar-refractivity contribution in [3.05, 3.63) is 92.9 Å². The van der Waals surface area contributed by atoms with Gasteiger partial charge < -0.3 is 15.1 Å². The number of benzene rings is 3. The fourth-order valence-electron chi connectivity index (χ4n) is 2.94. The van der Waals surface area contributed by atoms with E-state index in [-0.39, 0.29) is 17.1 Å². The molecule has 1 amide bonds. The zero-order valence-corrected chi connectivity index (χ0v) is 19.6. The molecule has 0 spiro atoms. The van der Waals surface area contributed by atoms with E-state index in [2.05, 4.69) is 20.9 Å². The van der Waals surface area contributed by atoms with E-state index in [0.29, 0.717) is 28.0 Å². The minimum atomic E-state index is -0.214. The van der Waals surface area contributed by atoms with Crippen molar-refractivity contribution in [1.29, 1.82) is 0 Å². The summed E-state index contributed by atoms with van der Waals surface area (Å²) in [5, 5.41) is 20.1. The van der Waals surface area contributed by atoms with E-state index in [1.54, 1.807) is 74.8 Å². The standard InChI is InChI=1S/C22H15BrN2O3.C3H7NO/c23-15-6-11-20(27)14(13-15)5-12-21-24-19-4-2-1-3-18(19)22(28)25(21)16-7-9-17(26)10-8-16;1-4(2)3-5/h1-13,26-27H;3H,1-2H3/b12-5+;. The van der Waals surface area contributed by atoms with Gasteiger partial charge in [0.1, 0.15) is 17.3 Å². The third-order valence-electron chi connectivity index (χ3n) is 4.52. The average molecular weight is 508 g/mol. The van der Waals surface area contributed by atoms with E-state index in [1.807, 2.05) is 6.07 Å². The zero-order chi connectivity index (χ0) is 24.0. The van der Waals surface area contributed by atoms with Gasteiger partial charge in [-0.3, -0.25) is 14.2 Å². The molecule has 3 aromatic carbocycles. The smallest absolute Gasteiger partial charge is 0.266 e. The van der Waals surface area contributed by atoms with Crippen LogP contribution in [0.15, 0.2) is 76.0 Å². The minimum Gasteiger partial charge on any atom is -0.508 e. The molecule has 33 heavy (non-hydrogen) atoms. The molecule has 0 unspecified atom stereocenters. The van der Waals surface area contributed by atoms with E-state index in [0.717, 1.165) is 10.9 Å². The summed E-state index contributed by atoms with van der Waals surface area (Å²) in [6.07, 6.45) is 4.13. The summed E-state index contributed by atoms with van der Waals surface area (Å²) in [4.78, 5) is 28.6. The molecular weight excluding hydrogens is 486 g/mol. The van der Waals surface area contributed by atoms with Gasteiger partial charge in [-0.2, -0.15) is 0 Å². The third-order valence-corrected chi connectivity index (χ3v) is 5.02. The van der Waals surface area contributed by atoms with Crippen LogP contribution in [0.2, 0.25) is 0 Å². The number of phenolic OH excluding ortho intramolecular Hbond substituents is 2. The Kier molecular flexibility index (Phi) is 7.63. The lowest BCUT2D eigenvalue weighted by molar-refractivity contribution is -0.115. The monoisotopic (exact) mass is 507 g/mol. The molecular formula is C25H22BrN3O4. The minimum absolute atomic E-state index is 0.113. The molecule has 1 heterocycles. The quantitative estimate of drug-likeness (QED) is 0.398. The maximum Gasteiger partial charge on any atom is 0.266 e. The maximum absolute atomic E-state index is 13.1. The summed E-state index contributed by atoms with van der Waals surface area (Å²) < 4.78 is 2.31. The molecule has 0 saturated carbocycles. The first-order chi connectivity index (χ1) is 15.8. The largest absolute Gasteiger partial charge is 0.508 e. The van der Waals surface area contributed by atoms with Gasteiger partial charge in [0.05, 0.1) is 16.6 Å². The number of rotatable bonds is 4. The molecule has 4 aromatic rings. The second-order valence-corrected chi connectivity index (χ2v) is 8.17. The molecule has 0 aliphatic rings. The van der Waals surface area contributed by atoms with Gasteiger partial charge in [0.15, 0.2) is 0 Å². The molecule has 0 saturated heterocycles. The Hall–Kier alpha value is -3.91. The van der Waals surface area contributed by atoms with E-state index >= 15 is 0 Å². The van der Waals surface area contributed by atoms with Gasteiger partial charge in [0.25, 0.3) is 5.56 Å². The first-order valence-electron chi connectivity index (χ1n) is 9.89. The average Bonchev–Trinajstić information content (AvgIpc) is 2.81. The van der Waals surface area contributed by atoms with Crippen LogP contribution in [-0.2, 0) is 4.79 Å².